The van der Waals surface area contributed by atoms with Crippen LogP contribution in [0.15, 0.2) is 30.5 Å². The van der Waals surface area contributed by atoms with E-state index in [1.807, 2.05) is 36.2 Å². The Morgan fingerprint density at radius 3 is 2.93 bits per heavy atom. The minimum absolute atomic E-state index is 0.00947. The average Bonchev–Trinajstić information content (AvgIpc) is 3.07. The fraction of sp³-hybridized carbons (Fsp3) is 0.524. The summed E-state index contributed by atoms with van der Waals surface area (Å²) in [5.41, 5.74) is 0.817. The SMILES string of the molecule is CCCOc1cccc(C(=O)N2CCC3(CC2)CC(O)c2nn(C)cc2O3)c1. The number of ether oxygens (including phenoxy) is 2. The number of hydrogen-bond donors (Lipinski definition) is 1. The van der Waals surface area contributed by atoms with E-state index in [1.165, 1.54) is 0 Å². The third-order valence-electron chi connectivity index (χ3n) is 5.55. The van der Waals surface area contributed by atoms with Crippen molar-refractivity contribution in [3.63, 3.8) is 0 Å². The number of likely N-dealkylation sites (tertiary alicyclic amines) is 1. The standard InChI is InChI=1S/C21H27N3O4/c1-3-11-27-16-6-4-5-15(12-16)20(26)24-9-7-21(8-10-24)13-17(25)19-18(28-21)14-23(2)22-19/h4-6,12,14,17,25H,3,7-11,13H2,1-2H3. The Bertz CT molecular complexity index is 855. The molecule has 1 spiro atoms. The number of aromatic nitrogens is 2. The van der Waals surface area contributed by atoms with Gasteiger partial charge in [-0.05, 0) is 24.6 Å². The van der Waals surface area contributed by atoms with Crippen molar-refractivity contribution in [3.8, 4) is 11.5 Å². The first-order chi connectivity index (χ1) is 13.5. The van der Waals surface area contributed by atoms with Crippen LogP contribution in [0.25, 0.3) is 0 Å². The molecule has 1 N–H and O–H groups in total. The Morgan fingerprint density at radius 1 is 1.39 bits per heavy atom. The largest absolute Gasteiger partial charge is 0.494 e. The van der Waals surface area contributed by atoms with Gasteiger partial charge < -0.3 is 19.5 Å². The molecule has 1 atom stereocenters. The summed E-state index contributed by atoms with van der Waals surface area (Å²) in [6.45, 7) is 3.89. The zero-order valence-electron chi connectivity index (χ0n) is 16.4. The van der Waals surface area contributed by atoms with Crippen LogP contribution in [0.1, 0.15) is 54.8 Å². The van der Waals surface area contributed by atoms with Gasteiger partial charge in [-0.1, -0.05) is 13.0 Å². The van der Waals surface area contributed by atoms with Crippen molar-refractivity contribution < 1.29 is 19.4 Å². The van der Waals surface area contributed by atoms with Crippen molar-refractivity contribution in [1.82, 2.24) is 14.7 Å². The lowest BCUT2D eigenvalue weighted by Gasteiger charge is -2.44. The van der Waals surface area contributed by atoms with Crippen molar-refractivity contribution in [2.45, 2.75) is 44.3 Å². The molecule has 28 heavy (non-hydrogen) atoms. The molecule has 2 aromatic rings. The Morgan fingerprint density at radius 2 is 2.18 bits per heavy atom. The highest BCUT2D eigenvalue weighted by atomic mass is 16.5. The predicted molar refractivity (Wildman–Crippen MR) is 104 cm³/mol. The maximum absolute atomic E-state index is 12.9. The normalized spacial score (nSPS) is 20.5. The summed E-state index contributed by atoms with van der Waals surface area (Å²) in [6, 6.07) is 7.37. The number of rotatable bonds is 4. The Hall–Kier alpha value is -2.54. The first-order valence-corrected chi connectivity index (χ1v) is 9.92. The summed E-state index contributed by atoms with van der Waals surface area (Å²) in [5.74, 6) is 1.39. The van der Waals surface area contributed by atoms with Crippen LogP contribution in [0.4, 0.5) is 0 Å². The lowest BCUT2D eigenvalue weighted by Crippen LogP contribution is -2.51. The highest BCUT2D eigenvalue weighted by Gasteiger charge is 2.44. The molecule has 4 rings (SSSR count). The zero-order valence-corrected chi connectivity index (χ0v) is 16.4. The molecule has 1 aromatic carbocycles. The molecule has 0 aliphatic carbocycles. The van der Waals surface area contributed by atoms with Gasteiger partial charge in [0.1, 0.15) is 23.1 Å². The number of carbonyl (C=O) groups is 1. The zero-order chi connectivity index (χ0) is 19.7. The van der Waals surface area contributed by atoms with Gasteiger partial charge in [-0.2, -0.15) is 5.10 Å². The average molecular weight is 385 g/mol. The van der Waals surface area contributed by atoms with Crippen LogP contribution in [0.3, 0.4) is 0 Å². The number of piperidine rings is 1. The van der Waals surface area contributed by atoms with E-state index in [4.69, 9.17) is 9.47 Å². The van der Waals surface area contributed by atoms with Crippen molar-refractivity contribution in [1.29, 1.82) is 0 Å². The van der Waals surface area contributed by atoms with E-state index in [-0.39, 0.29) is 5.91 Å². The fourth-order valence-corrected chi connectivity index (χ4v) is 4.06. The maximum Gasteiger partial charge on any atom is 0.253 e. The van der Waals surface area contributed by atoms with Gasteiger partial charge in [-0.3, -0.25) is 9.48 Å². The van der Waals surface area contributed by atoms with Gasteiger partial charge >= 0.3 is 0 Å². The minimum Gasteiger partial charge on any atom is -0.494 e. The predicted octanol–water partition coefficient (Wildman–Crippen LogP) is 2.70. The van der Waals surface area contributed by atoms with Gasteiger partial charge in [-0.15, -0.1) is 0 Å². The summed E-state index contributed by atoms with van der Waals surface area (Å²) < 4.78 is 13.6. The number of amides is 1. The summed E-state index contributed by atoms with van der Waals surface area (Å²) in [6.07, 6.45) is 4.00. The van der Waals surface area contributed by atoms with E-state index in [9.17, 15) is 9.90 Å². The molecule has 150 valence electrons. The quantitative estimate of drug-likeness (QED) is 0.876. The number of nitrogens with zero attached hydrogens (tertiary/aromatic N) is 3. The summed E-state index contributed by atoms with van der Waals surface area (Å²) in [7, 11) is 1.82. The molecular formula is C21H27N3O4. The molecule has 7 heteroatoms. The topological polar surface area (TPSA) is 76.8 Å². The molecule has 0 radical (unpaired) electrons. The van der Waals surface area contributed by atoms with Gasteiger partial charge in [0.2, 0.25) is 0 Å². The number of aliphatic hydroxyl groups excluding tert-OH is 1. The molecule has 2 aliphatic heterocycles. The summed E-state index contributed by atoms with van der Waals surface area (Å²) >= 11 is 0. The number of benzene rings is 1. The second kappa shape index (κ2) is 7.47. The number of carbonyl (C=O) groups excluding carboxylic acids is 1. The first-order valence-electron chi connectivity index (χ1n) is 9.92. The molecule has 1 saturated heterocycles. The molecular weight excluding hydrogens is 358 g/mol. The second-order valence-corrected chi connectivity index (χ2v) is 7.73. The summed E-state index contributed by atoms with van der Waals surface area (Å²) in [4.78, 5) is 14.8. The lowest BCUT2D eigenvalue weighted by molar-refractivity contribution is -0.0504. The van der Waals surface area contributed by atoms with Gasteiger partial charge in [0.25, 0.3) is 5.91 Å². The molecule has 1 unspecified atom stereocenters. The lowest BCUT2D eigenvalue weighted by atomic mass is 9.83. The molecule has 3 heterocycles. The maximum atomic E-state index is 12.9. The smallest absolute Gasteiger partial charge is 0.253 e. The van der Waals surface area contributed by atoms with Gasteiger partial charge in [0.15, 0.2) is 5.75 Å². The number of aryl methyl sites for hydroxylation is 1. The summed E-state index contributed by atoms with van der Waals surface area (Å²) in [5, 5.41) is 14.8. The van der Waals surface area contributed by atoms with E-state index in [1.54, 1.807) is 10.9 Å². The van der Waals surface area contributed by atoms with Crippen molar-refractivity contribution >= 4 is 5.91 Å². The van der Waals surface area contributed by atoms with Crippen LogP contribution in [0, 0.1) is 0 Å². The van der Waals surface area contributed by atoms with Crippen molar-refractivity contribution in [2.24, 2.45) is 7.05 Å². The second-order valence-electron chi connectivity index (χ2n) is 7.73. The highest BCUT2D eigenvalue weighted by Crippen LogP contribution is 2.43. The highest BCUT2D eigenvalue weighted by molar-refractivity contribution is 5.94. The molecule has 1 aromatic heterocycles. The number of hydrogen-bond acceptors (Lipinski definition) is 5. The molecule has 1 amide bonds. The van der Waals surface area contributed by atoms with Crippen LogP contribution in [0.2, 0.25) is 0 Å². The minimum atomic E-state index is -0.625. The Balaban J connectivity index is 1.42. The van der Waals surface area contributed by atoms with Crippen LogP contribution in [0.5, 0.6) is 11.5 Å². The number of fused-ring (bicyclic) bond motifs is 1. The molecule has 7 nitrogen and oxygen atoms in total. The van der Waals surface area contributed by atoms with E-state index in [2.05, 4.69) is 12.0 Å². The first kappa shape index (κ1) is 18.8. The molecule has 2 aliphatic rings. The number of aliphatic hydroxyl groups is 1. The van der Waals surface area contributed by atoms with Crippen LogP contribution < -0.4 is 9.47 Å². The van der Waals surface area contributed by atoms with Crippen LogP contribution in [-0.4, -0.2) is 51.0 Å². The molecule has 0 bridgehead atoms. The van der Waals surface area contributed by atoms with E-state index in [0.29, 0.717) is 56.0 Å². The van der Waals surface area contributed by atoms with Gasteiger partial charge in [-0.25, -0.2) is 0 Å². The Kier molecular flexibility index (Phi) is 5.02. The van der Waals surface area contributed by atoms with Gasteiger partial charge in [0.05, 0.1) is 12.8 Å². The molecule has 1 fully saturated rings. The van der Waals surface area contributed by atoms with Gasteiger partial charge in [0, 0.05) is 45.0 Å². The third kappa shape index (κ3) is 3.58. The fourth-order valence-electron chi connectivity index (χ4n) is 4.06. The third-order valence-corrected chi connectivity index (χ3v) is 5.55. The van der Waals surface area contributed by atoms with Crippen LogP contribution >= 0.6 is 0 Å². The van der Waals surface area contributed by atoms with Crippen LogP contribution in [-0.2, 0) is 7.05 Å². The van der Waals surface area contributed by atoms with E-state index in [0.717, 1.165) is 12.2 Å². The van der Waals surface area contributed by atoms with Crippen molar-refractivity contribution in [3.05, 3.63) is 41.7 Å². The van der Waals surface area contributed by atoms with E-state index < -0.39 is 11.7 Å². The van der Waals surface area contributed by atoms with E-state index >= 15 is 0 Å². The van der Waals surface area contributed by atoms with Crippen molar-refractivity contribution in [2.75, 3.05) is 19.7 Å². The Labute approximate surface area is 164 Å². The molecule has 0 saturated carbocycles. The monoisotopic (exact) mass is 385 g/mol.